The number of rotatable bonds is 9. The maximum Gasteiger partial charge on any atom is 0.414 e. The number of carbonyl (C=O) groups is 2. The summed E-state index contributed by atoms with van der Waals surface area (Å²) < 4.78 is 22.4. The van der Waals surface area contributed by atoms with Crippen LogP contribution in [0.5, 0.6) is 0 Å². The molecule has 1 atom stereocenters. The lowest BCUT2D eigenvalue weighted by molar-refractivity contribution is -0.119. The van der Waals surface area contributed by atoms with Crippen molar-refractivity contribution < 1.29 is 18.7 Å². The summed E-state index contributed by atoms with van der Waals surface area (Å²) in [6.45, 7) is 3.31. The van der Waals surface area contributed by atoms with Crippen molar-refractivity contribution in [3.63, 3.8) is 0 Å². The summed E-state index contributed by atoms with van der Waals surface area (Å²) in [4.78, 5) is 24.7. The first-order chi connectivity index (χ1) is 18.5. The van der Waals surface area contributed by atoms with Gasteiger partial charge in [0.2, 0.25) is 5.91 Å². The molecule has 2 amide bonds. The molecule has 0 unspecified atom stereocenters. The van der Waals surface area contributed by atoms with Crippen LogP contribution in [-0.4, -0.2) is 35.8 Å². The van der Waals surface area contributed by atoms with Gasteiger partial charge in [0.1, 0.15) is 11.9 Å². The first-order valence-corrected chi connectivity index (χ1v) is 12.5. The molecule has 1 aliphatic rings. The van der Waals surface area contributed by atoms with Crippen molar-refractivity contribution in [2.75, 3.05) is 18.0 Å². The van der Waals surface area contributed by atoms with Crippen LogP contribution < -0.4 is 15.5 Å². The van der Waals surface area contributed by atoms with E-state index in [1.165, 1.54) is 23.5 Å². The largest absolute Gasteiger partial charge is 0.442 e. The van der Waals surface area contributed by atoms with Crippen LogP contribution in [0.25, 0.3) is 16.8 Å². The number of hydrogen-bond donors (Lipinski definition) is 2. The number of nitrogens with zero attached hydrogens (tertiary/aromatic N) is 2. The highest BCUT2D eigenvalue weighted by molar-refractivity contribution is 5.90. The minimum absolute atomic E-state index is 0.199. The highest BCUT2D eigenvalue weighted by Crippen LogP contribution is 2.29. The zero-order valence-corrected chi connectivity index (χ0v) is 21.1. The fourth-order valence-electron chi connectivity index (χ4n) is 4.45. The molecule has 194 valence electrons. The molecule has 0 saturated carbocycles. The molecule has 5 rings (SSSR count). The monoisotopic (exact) mass is 512 g/mol. The summed E-state index contributed by atoms with van der Waals surface area (Å²) in [5, 5.41) is 6.08. The molecule has 3 aromatic carbocycles. The van der Waals surface area contributed by atoms with Gasteiger partial charge in [-0.15, -0.1) is 0 Å². The van der Waals surface area contributed by atoms with Gasteiger partial charge in [0.05, 0.1) is 18.8 Å². The van der Waals surface area contributed by atoms with E-state index in [0.717, 1.165) is 23.4 Å². The average molecular weight is 513 g/mol. The molecule has 1 aromatic heterocycles. The van der Waals surface area contributed by atoms with E-state index in [1.807, 2.05) is 48.8 Å². The Morgan fingerprint density at radius 2 is 1.58 bits per heavy atom. The predicted octanol–water partition coefficient (Wildman–Crippen LogP) is 5.03. The second-order valence-electron chi connectivity index (χ2n) is 9.27. The lowest BCUT2D eigenvalue weighted by Crippen LogP contribution is -2.33. The van der Waals surface area contributed by atoms with Crippen LogP contribution in [0.1, 0.15) is 18.1 Å². The summed E-state index contributed by atoms with van der Waals surface area (Å²) in [6, 6.07) is 24.9. The zero-order chi connectivity index (χ0) is 26.5. The molecule has 4 aromatic rings. The Hall–Kier alpha value is -4.43. The Balaban J connectivity index is 1.16. The third-order valence-electron chi connectivity index (χ3n) is 6.48. The Bertz CT molecular complexity index is 1400. The molecule has 8 heteroatoms. The molecule has 1 saturated heterocycles. The fraction of sp³-hybridized carbons (Fsp3) is 0.200. The number of nitrogens with one attached hydrogen (secondary N) is 2. The highest BCUT2D eigenvalue weighted by Gasteiger charge is 2.32. The van der Waals surface area contributed by atoms with E-state index in [4.69, 9.17) is 4.74 Å². The number of anilines is 1. The molecule has 2 heterocycles. The van der Waals surface area contributed by atoms with E-state index in [9.17, 15) is 9.59 Å². The second kappa shape index (κ2) is 11.3. The van der Waals surface area contributed by atoms with Crippen LogP contribution in [0.2, 0.25) is 0 Å². The van der Waals surface area contributed by atoms with Gasteiger partial charge in [0, 0.05) is 43.7 Å². The third kappa shape index (κ3) is 5.92. The number of halogens is 1. The van der Waals surface area contributed by atoms with Crippen LogP contribution in [0.3, 0.4) is 0 Å². The molecular weight excluding hydrogens is 483 g/mol. The van der Waals surface area contributed by atoms with E-state index in [2.05, 4.69) is 39.5 Å². The maximum absolute atomic E-state index is 15.0. The predicted molar refractivity (Wildman–Crippen MR) is 144 cm³/mol. The summed E-state index contributed by atoms with van der Waals surface area (Å²) in [5.41, 5.74) is 5.05. The standard InChI is InChI=1S/C30H29FN4O3/c1-21(36)33-19-27-20-35(30(37)38-27)26-12-13-28(29(31)16-26)24-8-4-22(5-9-24)17-32-18-23-6-10-25(11-7-23)34-14-2-3-15-34/h2-16,27,32H,17-20H2,1H3,(H,33,36)/t27-/m0/s1. The van der Waals surface area contributed by atoms with E-state index in [-0.39, 0.29) is 19.0 Å². The summed E-state index contributed by atoms with van der Waals surface area (Å²) >= 11 is 0. The molecule has 1 fully saturated rings. The van der Waals surface area contributed by atoms with Gasteiger partial charge in [-0.1, -0.05) is 36.4 Å². The van der Waals surface area contributed by atoms with E-state index in [0.29, 0.717) is 17.8 Å². The number of carbonyl (C=O) groups excluding carboxylic acids is 2. The van der Waals surface area contributed by atoms with Crippen LogP contribution in [0.15, 0.2) is 91.3 Å². The fourth-order valence-corrected chi connectivity index (χ4v) is 4.45. The van der Waals surface area contributed by atoms with Gasteiger partial charge in [0.15, 0.2) is 0 Å². The molecule has 0 aliphatic carbocycles. The van der Waals surface area contributed by atoms with Crippen LogP contribution in [-0.2, 0) is 22.6 Å². The number of benzene rings is 3. The smallest absolute Gasteiger partial charge is 0.414 e. The number of hydrogen-bond acceptors (Lipinski definition) is 4. The van der Waals surface area contributed by atoms with Crippen molar-refractivity contribution >= 4 is 17.7 Å². The van der Waals surface area contributed by atoms with Gasteiger partial charge in [-0.05, 0) is 59.2 Å². The van der Waals surface area contributed by atoms with Gasteiger partial charge in [-0.3, -0.25) is 9.69 Å². The Morgan fingerprint density at radius 3 is 2.21 bits per heavy atom. The van der Waals surface area contributed by atoms with Crippen LogP contribution in [0, 0.1) is 5.82 Å². The van der Waals surface area contributed by atoms with Gasteiger partial charge in [0.25, 0.3) is 0 Å². The number of ether oxygens (including phenoxy) is 1. The Labute approximate surface area is 220 Å². The van der Waals surface area contributed by atoms with Gasteiger partial charge < -0.3 is 19.9 Å². The minimum Gasteiger partial charge on any atom is -0.442 e. The molecular formula is C30H29FN4O3. The Morgan fingerprint density at radius 1 is 0.947 bits per heavy atom. The number of aromatic nitrogens is 1. The van der Waals surface area contributed by atoms with Gasteiger partial charge >= 0.3 is 6.09 Å². The highest BCUT2D eigenvalue weighted by atomic mass is 19.1. The van der Waals surface area contributed by atoms with E-state index < -0.39 is 18.0 Å². The van der Waals surface area contributed by atoms with Gasteiger partial charge in [-0.2, -0.15) is 0 Å². The molecule has 2 N–H and O–H groups in total. The van der Waals surface area contributed by atoms with Crippen molar-refractivity contribution in [1.29, 1.82) is 0 Å². The topological polar surface area (TPSA) is 75.6 Å². The molecule has 0 spiro atoms. The van der Waals surface area contributed by atoms with Crippen LogP contribution >= 0.6 is 0 Å². The van der Waals surface area contributed by atoms with Crippen molar-refractivity contribution in [2.45, 2.75) is 26.1 Å². The minimum atomic E-state index is -0.554. The molecule has 0 bridgehead atoms. The SMILES string of the molecule is CC(=O)NC[C@H]1CN(c2ccc(-c3ccc(CNCc4ccc(-n5cccc5)cc4)cc3)c(F)c2)C(=O)O1. The maximum atomic E-state index is 15.0. The quantitative estimate of drug-likeness (QED) is 0.330. The summed E-state index contributed by atoms with van der Waals surface area (Å²) in [6.07, 6.45) is 3.01. The lowest BCUT2D eigenvalue weighted by atomic mass is 10.0. The van der Waals surface area contributed by atoms with Crippen LogP contribution in [0.4, 0.5) is 14.9 Å². The molecule has 1 aliphatic heterocycles. The third-order valence-corrected chi connectivity index (χ3v) is 6.48. The lowest BCUT2D eigenvalue weighted by Gasteiger charge is -2.15. The van der Waals surface area contributed by atoms with Crippen molar-refractivity contribution in [2.24, 2.45) is 0 Å². The average Bonchev–Trinajstić information content (AvgIpc) is 3.59. The Kier molecular flexibility index (Phi) is 7.51. The first kappa shape index (κ1) is 25.2. The van der Waals surface area contributed by atoms with E-state index >= 15 is 4.39 Å². The van der Waals surface area contributed by atoms with Crippen molar-refractivity contribution in [1.82, 2.24) is 15.2 Å². The summed E-state index contributed by atoms with van der Waals surface area (Å²) in [7, 11) is 0. The van der Waals surface area contributed by atoms with E-state index in [1.54, 1.807) is 12.1 Å². The van der Waals surface area contributed by atoms with Crippen molar-refractivity contribution in [3.8, 4) is 16.8 Å². The molecule has 38 heavy (non-hydrogen) atoms. The second-order valence-corrected chi connectivity index (χ2v) is 9.27. The van der Waals surface area contributed by atoms with Gasteiger partial charge in [-0.25, -0.2) is 9.18 Å². The normalized spacial score (nSPS) is 14.9. The molecule has 7 nitrogen and oxygen atoms in total. The first-order valence-electron chi connectivity index (χ1n) is 12.5. The number of amides is 2. The molecule has 0 radical (unpaired) electrons. The zero-order valence-electron chi connectivity index (χ0n) is 21.1. The number of cyclic esters (lactones) is 1. The van der Waals surface area contributed by atoms with Crippen molar-refractivity contribution in [3.05, 3.63) is 108 Å². The summed E-state index contributed by atoms with van der Waals surface area (Å²) in [5.74, 6) is -0.620.